The first kappa shape index (κ1) is 32.1. The minimum atomic E-state index is -1.57. The van der Waals surface area contributed by atoms with E-state index >= 15 is 0 Å². The lowest BCUT2D eigenvalue weighted by molar-refractivity contribution is -0.956. The van der Waals surface area contributed by atoms with Gasteiger partial charge in [0.2, 0.25) is 11.9 Å². The second-order valence-electron chi connectivity index (χ2n) is 12.4. The van der Waals surface area contributed by atoms with Gasteiger partial charge >= 0.3 is 11.9 Å². The van der Waals surface area contributed by atoms with Crippen molar-refractivity contribution in [3.8, 4) is 0 Å². The predicted octanol–water partition coefficient (Wildman–Crippen LogP) is 3.87. The van der Waals surface area contributed by atoms with Gasteiger partial charge in [0, 0.05) is 64.6 Å². The zero-order valence-corrected chi connectivity index (χ0v) is 25.6. The minimum absolute atomic E-state index is 0.149. The number of ether oxygens (including phenoxy) is 4. The monoisotopic (exact) mass is 607 g/mol. The molecule has 4 aliphatic heterocycles. The Labute approximate surface area is 260 Å². The minimum Gasteiger partial charge on any atom is -0.554 e. The van der Waals surface area contributed by atoms with Gasteiger partial charge in [-0.2, -0.15) is 0 Å². The molecule has 0 radical (unpaired) electrons. The van der Waals surface area contributed by atoms with Crippen LogP contribution < -0.4 is 5.11 Å². The predicted molar refractivity (Wildman–Crippen MR) is 160 cm³/mol. The quantitative estimate of drug-likeness (QED) is 0.183. The van der Waals surface area contributed by atoms with Gasteiger partial charge in [-0.25, -0.2) is 4.79 Å². The van der Waals surface area contributed by atoms with E-state index in [0.717, 1.165) is 12.8 Å². The third-order valence-corrected chi connectivity index (χ3v) is 10.1. The number of piperidine rings is 1. The van der Waals surface area contributed by atoms with E-state index in [1.54, 1.807) is 0 Å². The normalized spacial score (nSPS) is 25.0. The highest BCUT2D eigenvalue weighted by atomic mass is 16.7. The number of hydrogen-bond donors (Lipinski definition) is 0. The Morgan fingerprint density at radius 3 is 1.95 bits per heavy atom. The Morgan fingerprint density at radius 1 is 0.932 bits per heavy atom. The maximum absolute atomic E-state index is 14.6. The molecule has 2 aromatic carbocycles. The maximum atomic E-state index is 14.6. The second kappa shape index (κ2) is 14.7. The van der Waals surface area contributed by atoms with Gasteiger partial charge in [0.1, 0.15) is 6.10 Å². The first-order valence-electron chi connectivity index (χ1n) is 16.2. The van der Waals surface area contributed by atoms with Gasteiger partial charge in [-0.1, -0.05) is 67.6 Å². The Hall–Kier alpha value is -3.27. The molecular weight excluding hydrogens is 562 g/mol. The summed E-state index contributed by atoms with van der Waals surface area (Å²) in [6.45, 7) is 5.05. The largest absolute Gasteiger partial charge is 0.554 e. The molecule has 1 spiro atoms. The summed E-state index contributed by atoms with van der Waals surface area (Å²) in [4.78, 5) is 36.0. The van der Waals surface area contributed by atoms with Crippen LogP contribution in [0.4, 0.5) is 0 Å². The van der Waals surface area contributed by atoms with Crippen LogP contribution >= 0.6 is 0 Å². The number of benzene rings is 2. The number of carboxylic acid groups (broad SMARTS) is 1. The third-order valence-electron chi connectivity index (χ3n) is 10.1. The molecule has 0 amide bonds. The lowest BCUT2D eigenvalue weighted by Crippen LogP contribution is -2.60. The smallest absolute Gasteiger partial charge is 0.348 e. The molecule has 2 aromatic rings. The number of carbonyl (C=O) groups is 3. The Balaban J connectivity index is 0.00000123. The molecule has 4 saturated heterocycles. The topological polar surface area (TPSA) is 111 Å². The molecular formula is C35H45NO8. The highest BCUT2D eigenvalue weighted by Gasteiger charge is 2.57. The first-order chi connectivity index (χ1) is 21.5. The van der Waals surface area contributed by atoms with Gasteiger partial charge < -0.3 is 33.3 Å². The van der Waals surface area contributed by atoms with E-state index < -0.39 is 24.3 Å². The number of quaternary nitrogens is 1. The van der Waals surface area contributed by atoms with Crippen LogP contribution in [-0.4, -0.2) is 73.7 Å². The van der Waals surface area contributed by atoms with Gasteiger partial charge in [-0.15, -0.1) is 0 Å². The van der Waals surface area contributed by atoms with Crippen molar-refractivity contribution in [2.75, 3.05) is 26.3 Å². The summed E-state index contributed by atoms with van der Waals surface area (Å²) >= 11 is 0. The summed E-state index contributed by atoms with van der Waals surface area (Å²) in [7, 11) is 0. The number of hydrogen-bond acceptors (Lipinski definition) is 8. The van der Waals surface area contributed by atoms with Crippen molar-refractivity contribution >= 4 is 18.4 Å². The molecule has 6 rings (SSSR count). The second-order valence-corrected chi connectivity index (χ2v) is 12.4. The first-order valence-corrected chi connectivity index (χ1v) is 16.2. The average molecular weight is 608 g/mol. The zero-order chi connectivity index (χ0) is 31.0. The number of nitrogens with zero attached hydrogens (tertiary/aromatic N) is 1. The molecule has 9 heteroatoms. The van der Waals surface area contributed by atoms with Crippen LogP contribution in [0.5, 0.6) is 0 Å². The van der Waals surface area contributed by atoms with Crippen molar-refractivity contribution in [1.29, 1.82) is 0 Å². The molecule has 3 atom stereocenters. The van der Waals surface area contributed by atoms with Crippen LogP contribution in [-0.2, 0) is 38.9 Å². The molecule has 2 bridgehead atoms. The van der Waals surface area contributed by atoms with Crippen LogP contribution in [0.3, 0.4) is 0 Å². The summed E-state index contributed by atoms with van der Waals surface area (Å²) in [5.41, 5.74) is -0.243. The van der Waals surface area contributed by atoms with Crippen LogP contribution in [0.15, 0.2) is 60.7 Å². The van der Waals surface area contributed by atoms with E-state index in [1.165, 1.54) is 43.3 Å². The van der Waals surface area contributed by atoms with E-state index in [-0.39, 0.29) is 18.0 Å². The Kier molecular flexibility index (Phi) is 10.7. The summed E-state index contributed by atoms with van der Waals surface area (Å²) in [6.07, 6.45) is 7.45. The number of carbonyl (C=O) groups excluding carboxylic acids is 3. The van der Waals surface area contributed by atoms with Crippen molar-refractivity contribution in [3.63, 3.8) is 0 Å². The van der Waals surface area contributed by atoms with E-state index in [0.29, 0.717) is 55.7 Å². The molecule has 0 aromatic heterocycles. The van der Waals surface area contributed by atoms with Crippen LogP contribution in [0, 0.1) is 5.92 Å². The highest BCUT2D eigenvalue weighted by Crippen LogP contribution is 2.47. The fourth-order valence-electron chi connectivity index (χ4n) is 8.02. The molecule has 0 N–H and O–H groups in total. The van der Waals surface area contributed by atoms with Crippen molar-refractivity contribution < 1.29 is 42.9 Å². The molecule has 9 nitrogen and oxygen atoms in total. The lowest BCUT2D eigenvalue weighted by Gasteiger charge is -2.47. The van der Waals surface area contributed by atoms with Gasteiger partial charge in [0.15, 0.2) is 0 Å². The molecule has 0 aliphatic carbocycles. The number of esters is 2. The van der Waals surface area contributed by atoms with E-state index in [1.807, 2.05) is 67.6 Å². The summed E-state index contributed by atoms with van der Waals surface area (Å²) in [5.74, 6) is -0.961. The standard InChI is InChI=1S/C34H44NO6.CH2O2/c1-2-31(40-32(36)25-17-21-38-22-18-25)41-34(26-11-5-3-6-12-26,27-13-7-4-8-14-27)33(37)39-30-23-28-15-16-29(24-30)35(28)19-9-10-20-35;2-1-3/h3-8,11-14,25,28-31H,2,9-10,15-24H2,1H3;1H,(H,2,3)/q+1;/p-1. The third kappa shape index (κ3) is 6.55. The number of rotatable bonds is 9. The molecule has 3 unspecified atom stereocenters. The van der Waals surface area contributed by atoms with E-state index in [4.69, 9.17) is 28.8 Å². The van der Waals surface area contributed by atoms with Gasteiger partial charge in [0.25, 0.3) is 0 Å². The fourth-order valence-corrected chi connectivity index (χ4v) is 8.02. The molecule has 4 heterocycles. The van der Waals surface area contributed by atoms with Gasteiger partial charge in [0.05, 0.1) is 31.1 Å². The Bertz CT molecular complexity index is 1170. The van der Waals surface area contributed by atoms with Gasteiger partial charge in [-0.05, 0) is 24.0 Å². The average Bonchev–Trinajstić information content (AvgIpc) is 3.61. The van der Waals surface area contributed by atoms with Crippen molar-refractivity contribution in [3.05, 3.63) is 71.8 Å². The molecule has 0 saturated carbocycles. The van der Waals surface area contributed by atoms with Crippen molar-refractivity contribution in [1.82, 2.24) is 0 Å². The summed E-state index contributed by atoms with van der Waals surface area (Å²) in [6, 6.07) is 20.2. The summed E-state index contributed by atoms with van der Waals surface area (Å²) < 4.78 is 25.9. The highest BCUT2D eigenvalue weighted by molar-refractivity contribution is 5.86. The van der Waals surface area contributed by atoms with Crippen LogP contribution in [0.1, 0.15) is 75.8 Å². The lowest BCUT2D eigenvalue weighted by atomic mass is 9.85. The molecule has 238 valence electrons. The van der Waals surface area contributed by atoms with Crippen molar-refractivity contribution in [2.45, 2.75) is 94.8 Å². The molecule has 44 heavy (non-hydrogen) atoms. The van der Waals surface area contributed by atoms with E-state index in [2.05, 4.69) is 0 Å². The fraction of sp³-hybridized carbons (Fsp3) is 0.571. The summed E-state index contributed by atoms with van der Waals surface area (Å²) in [5, 5.41) is 8.25. The van der Waals surface area contributed by atoms with E-state index in [9.17, 15) is 9.59 Å². The van der Waals surface area contributed by atoms with Crippen LogP contribution in [0.2, 0.25) is 0 Å². The SMILES string of the molecule is CCC(OC(=O)C1CCOCC1)OC(C(=O)OC1CC2CCC(C1)[N+]21CCCC1)(c1ccccc1)c1ccccc1.O=C[O-]. The van der Waals surface area contributed by atoms with Crippen molar-refractivity contribution in [2.24, 2.45) is 5.92 Å². The molecule has 4 aliphatic rings. The zero-order valence-electron chi connectivity index (χ0n) is 25.6. The Morgan fingerprint density at radius 2 is 1.45 bits per heavy atom. The maximum Gasteiger partial charge on any atom is 0.348 e. The molecule has 4 fully saturated rings. The van der Waals surface area contributed by atoms with Crippen LogP contribution in [0.25, 0.3) is 0 Å². The van der Waals surface area contributed by atoms with Gasteiger partial charge in [-0.3, -0.25) is 4.79 Å².